The van der Waals surface area contributed by atoms with Gasteiger partial charge in [0, 0.05) is 18.9 Å². The number of allylic oxidation sites excluding steroid dienone is 1. The summed E-state index contributed by atoms with van der Waals surface area (Å²) in [6.45, 7) is 7.08. The number of fused-ring (bicyclic) bond motifs is 1. The minimum absolute atomic E-state index is 0.146. The molecule has 5 nitrogen and oxygen atoms in total. The number of nitriles is 1. The number of likely N-dealkylation sites (tertiary alicyclic amines) is 1. The molecule has 0 aliphatic carbocycles. The quantitative estimate of drug-likeness (QED) is 0.669. The Kier molecular flexibility index (Phi) is 4.59. The van der Waals surface area contributed by atoms with Crippen molar-refractivity contribution in [2.45, 2.75) is 20.3 Å². The fourth-order valence-electron chi connectivity index (χ4n) is 4.00. The van der Waals surface area contributed by atoms with Crippen LogP contribution in [0.5, 0.6) is 0 Å². The van der Waals surface area contributed by atoms with Crippen molar-refractivity contribution in [3.05, 3.63) is 35.8 Å². The third-order valence-electron chi connectivity index (χ3n) is 4.91. The van der Waals surface area contributed by atoms with Gasteiger partial charge in [-0.2, -0.15) is 5.26 Å². The molecule has 1 aromatic carbocycles. The number of rotatable bonds is 3. The Morgan fingerprint density at radius 3 is 2.62 bits per heavy atom. The Morgan fingerprint density at radius 1 is 1.33 bits per heavy atom. The van der Waals surface area contributed by atoms with E-state index >= 15 is 0 Å². The number of aromatic nitrogens is 2. The predicted molar refractivity (Wildman–Crippen MR) is 94.4 cm³/mol. The van der Waals surface area contributed by atoms with E-state index in [1.807, 2.05) is 35.9 Å². The monoisotopic (exact) mass is 325 g/mol. The van der Waals surface area contributed by atoms with Gasteiger partial charge in [0.05, 0.1) is 24.1 Å². The van der Waals surface area contributed by atoms with Crippen LogP contribution >= 0.6 is 0 Å². The van der Waals surface area contributed by atoms with Gasteiger partial charge in [-0.05, 0) is 18.6 Å². The maximum absolute atomic E-state index is 10.6. The van der Waals surface area contributed by atoms with Crippen molar-refractivity contribution < 1.29 is 10.0 Å². The summed E-state index contributed by atoms with van der Waals surface area (Å²) in [7, 11) is 1.88. The lowest BCUT2D eigenvalue weighted by Crippen LogP contribution is -3.14. The van der Waals surface area contributed by atoms with Crippen molar-refractivity contribution in [1.82, 2.24) is 9.55 Å². The molecule has 0 unspecified atom stereocenters. The molecule has 1 saturated heterocycles. The van der Waals surface area contributed by atoms with Crippen molar-refractivity contribution in [3.8, 4) is 6.07 Å². The van der Waals surface area contributed by atoms with Crippen LogP contribution in [0.2, 0.25) is 0 Å². The molecule has 0 amide bonds. The number of hydrogen-bond acceptors (Lipinski definition) is 3. The number of hydrogen-bond donors (Lipinski definition) is 2. The molecule has 1 fully saturated rings. The van der Waals surface area contributed by atoms with Gasteiger partial charge in [-0.25, -0.2) is 4.98 Å². The van der Waals surface area contributed by atoms with Gasteiger partial charge in [0.1, 0.15) is 18.2 Å². The minimum Gasteiger partial charge on any atom is -0.506 e. The topological polar surface area (TPSA) is 66.3 Å². The van der Waals surface area contributed by atoms with Crippen LogP contribution in [-0.4, -0.2) is 34.3 Å². The first kappa shape index (κ1) is 16.5. The van der Waals surface area contributed by atoms with Crippen LogP contribution in [0.25, 0.3) is 16.6 Å². The normalized spacial score (nSPS) is 25.3. The van der Waals surface area contributed by atoms with Crippen molar-refractivity contribution in [2.75, 3.05) is 19.6 Å². The third-order valence-corrected chi connectivity index (χ3v) is 4.91. The summed E-state index contributed by atoms with van der Waals surface area (Å²) in [5.74, 6) is 1.98. The van der Waals surface area contributed by atoms with Crippen molar-refractivity contribution >= 4 is 16.6 Å². The smallest absolute Gasteiger partial charge is 0.169 e. The predicted octanol–water partition coefficient (Wildman–Crippen LogP) is 1.93. The maximum Gasteiger partial charge on any atom is 0.169 e. The summed E-state index contributed by atoms with van der Waals surface area (Å²) < 4.78 is 1.88. The van der Waals surface area contributed by atoms with Crippen LogP contribution in [0.3, 0.4) is 0 Å². The number of nitrogens with zero attached hydrogens (tertiary/aromatic N) is 3. The standard InChI is InChI=1S/C19H24N4O/c1-13-8-14(2)11-23(10-13)12-18(24)15(9-20)19-21-16-6-4-5-7-17(16)22(19)3/h4-7,13-14,24H,8,10-12H2,1-3H3/p+1/b18-15-/t13-,14-/m0/s1. The van der Waals surface area contributed by atoms with Gasteiger partial charge in [-0.3, -0.25) is 0 Å². The van der Waals surface area contributed by atoms with E-state index in [2.05, 4.69) is 24.9 Å². The van der Waals surface area contributed by atoms with Gasteiger partial charge in [0.15, 0.2) is 11.6 Å². The van der Waals surface area contributed by atoms with E-state index in [4.69, 9.17) is 0 Å². The molecule has 3 rings (SSSR count). The lowest BCUT2D eigenvalue weighted by molar-refractivity contribution is -0.908. The number of aliphatic hydroxyl groups is 1. The molecule has 5 heteroatoms. The van der Waals surface area contributed by atoms with Gasteiger partial charge in [0.2, 0.25) is 0 Å². The largest absolute Gasteiger partial charge is 0.506 e. The highest BCUT2D eigenvalue weighted by atomic mass is 16.3. The van der Waals surface area contributed by atoms with E-state index < -0.39 is 0 Å². The Bertz CT molecular complexity index is 804. The number of imidazole rings is 1. The lowest BCUT2D eigenvalue weighted by atomic mass is 9.92. The Morgan fingerprint density at radius 2 is 2.00 bits per heavy atom. The molecule has 1 aliphatic rings. The zero-order chi connectivity index (χ0) is 17.3. The molecule has 2 N–H and O–H groups in total. The average molecular weight is 325 g/mol. The molecule has 126 valence electrons. The summed E-state index contributed by atoms with van der Waals surface area (Å²) >= 11 is 0. The van der Waals surface area contributed by atoms with Gasteiger partial charge >= 0.3 is 0 Å². The molecule has 2 heterocycles. The van der Waals surface area contributed by atoms with E-state index in [9.17, 15) is 10.4 Å². The lowest BCUT2D eigenvalue weighted by Gasteiger charge is -2.31. The van der Waals surface area contributed by atoms with Gasteiger partial charge in [-0.15, -0.1) is 0 Å². The Balaban J connectivity index is 1.92. The number of para-hydroxylation sites is 2. The third kappa shape index (κ3) is 3.15. The van der Waals surface area contributed by atoms with Crippen LogP contribution < -0.4 is 4.90 Å². The second-order valence-electron chi connectivity index (χ2n) is 7.20. The molecule has 2 atom stereocenters. The molecule has 0 saturated carbocycles. The number of aryl methyl sites for hydroxylation is 1. The molecular formula is C19H25N4O+. The molecular weight excluding hydrogens is 300 g/mol. The summed E-state index contributed by atoms with van der Waals surface area (Å²) in [6.07, 6.45) is 1.24. The zero-order valence-corrected chi connectivity index (χ0v) is 14.6. The van der Waals surface area contributed by atoms with Crippen LogP contribution in [0.1, 0.15) is 26.1 Å². The molecule has 24 heavy (non-hydrogen) atoms. The van der Waals surface area contributed by atoms with E-state index in [0.717, 1.165) is 24.1 Å². The number of quaternary nitrogens is 1. The van der Waals surface area contributed by atoms with Crippen molar-refractivity contribution in [1.29, 1.82) is 5.26 Å². The first-order chi connectivity index (χ1) is 11.5. The van der Waals surface area contributed by atoms with Crippen LogP contribution in [0.4, 0.5) is 0 Å². The number of nitrogens with one attached hydrogen (secondary N) is 1. The summed E-state index contributed by atoms with van der Waals surface area (Å²) in [5, 5.41) is 20.2. The Hall–Kier alpha value is -2.32. The number of benzene rings is 1. The molecule has 1 aliphatic heterocycles. The van der Waals surface area contributed by atoms with Crippen LogP contribution in [0, 0.1) is 23.2 Å². The summed E-state index contributed by atoms with van der Waals surface area (Å²) in [4.78, 5) is 5.88. The fourth-order valence-corrected chi connectivity index (χ4v) is 4.00. The van der Waals surface area contributed by atoms with Crippen molar-refractivity contribution in [2.24, 2.45) is 18.9 Å². The van der Waals surface area contributed by atoms with Crippen LogP contribution in [-0.2, 0) is 7.05 Å². The number of piperidine rings is 1. The van der Waals surface area contributed by atoms with Gasteiger partial charge in [-0.1, -0.05) is 26.0 Å². The molecule has 0 radical (unpaired) electrons. The van der Waals surface area contributed by atoms with E-state index in [1.54, 1.807) is 0 Å². The minimum atomic E-state index is 0.146. The zero-order valence-electron chi connectivity index (χ0n) is 14.6. The second-order valence-corrected chi connectivity index (χ2v) is 7.20. The molecule has 0 spiro atoms. The fraction of sp³-hybridized carbons (Fsp3) is 0.474. The number of aliphatic hydroxyl groups excluding tert-OH is 1. The Labute approximate surface area is 142 Å². The summed E-state index contributed by atoms with van der Waals surface area (Å²) in [5.41, 5.74) is 2.08. The molecule has 1 aromatic heterocycles. The first-order valence-corrected chi connectivity index (χ1v) is 8.57. The van der Waals surface area contributed by atoms with Crippen LogP contribution in [0.15, 0.2) is 30.0 Å². The maximum atomic E-state index is 10.6. The van der Waals surface area contributed by atoms with Gasteiger partial charge < -0.3 is 14.6 Å². The van der Waals surface area contributed by atoms with E-state index in [0.29, 0.717) is 24.2 Å². The van der Waals surface area contributed by atoms with Crippen molar-refractivity contribution in [3.63, 3.8) is 0 Å². The average Bonchev–Trinajstić information content (AvgIpc) is 2.84. The highest BCUT2D eigenvalue weighted by molar-refractivity contribution is 5.83. The van der Waals surface area contributed by atoms with E-state index in [1.165, 1.54) is 11.3 Å². The van der Waals surface area contributed by atoms with E-state index in [-0.39, 0.29) is 11.3 Å². The van der Waals surface area contributed by atoms with Gasteiger partial charge in [0.25, 0.3) is 0 Å². The molecule has 2 aromatic rings. The highest BCUT2D eigenvalue weighted by Gasteiger charge is 2.27. The SMILES string of the molecule is C[C@H]1C[C@H](C)C[NH+](C/C(O)=C(\C#N)c2nc3ccccc3n2C)C1. The summed E-state index contributed by atoms with van der Waals surface area (Å²) in [6, 6.07) is 9.93. The highest BCUT2D eigenvalue weighted by Crippen LogP contribution is 2.21. The molecule has 0 bridgehead atoms. The first-order valence-electron chi connectivity index (χ1n) is 8.57. The second kappa shape index (κ2) is 6.66.